The molecule has 1 heterocycles. The standard InChI is InChI=1S/C10H13NO2/c1-5-7-3-4-11-8(7)6(2)10(13)9(5)12/h11-13H,3-4H2,1-2H3. The predicted octanol–water partition coefficient (Wildman–Crippen LogP) is 1.68. The van der Waals surface area contributed by atoms with Crippen LogP contribution in [0.3, 0.4) is 0 Å². The number of aromatic hydroxyl groups is 2. The summed E-state index contributed by atoms with van der Waals surface area (Å²) in [5.74, 6) is 0.0330. The van der Waals surface area contributed by atoms with Crippen molar-refractivity contribution in [2.45, 2.75) is 20.3 Å². The highest BCUT2D eigenvalue weighted by molar-refractivity contribution is 5.71. The quantitative estimate of drug-likeness (QED) is 0.419. The molecule has 1 aromatic carbocycles. The van der Waals surface area contributed by atoms with E-state index in [1.54, 1.807) is 0 Å². The molecular weight excluding hydrogens is 166 g/mol. The molecule has 0 aliphatic carbocycles. The van der Waals surface area contributed by atoms with Gasteiger partial charge in [-0.1, -0.05) is 0 Å². The smallest absolute Gasteiger partial charge is 0.162 e. The van der Waals surface area contributed by atoms with Gasteiger partial charge in [0.1, 0.15) is 0 Å². The Morgan fingerprint density at radius 2 is 1.69 bits per heavy atom. The van der Waals surface area contributed by atoms with Crippen LogP contribution in [0.15, 0.2) is 0 Å². The van der Waals surface area contributed by atoms with E-state index in [9.17, 15) is 10.2 Å². The number of anilines is 1. The second kappa shape index (κ2) is 2.55. The monoisotopic (exact) mass is 179 g/mol. The Labute approximate surface area is 77.0 Å². The van der Waals surface area contributed by atoms with Crippen LogP contribution in [-0.2, 0) is 6.42 Å². The van der Waals surface area contributed by atoms with E-state index >= 15 is 0 Å². The van der Waals surface area contributed by atoms with Crippen molar-refractivity contribution < 1.29 is 10.2 Å². The Bertz CT molecular complexity index is 337. The van der Waals surface area contributed by atoms with Crippen molar-refractivity contribution in [1.29, 1.82) is 0 Å². The number of benzene rings is 1. The number of phenolic OH excluding ortho intramolecular Hbond substituents is 2. The van der Waals surface area contributed by atoms with Gasteiger partial charge in [-0.25, -0.2) is 0 Å². The summed E-state index contributed by atoms with van der Waals surface area (Å²) in [5, 5.41) is 22.3. The van der Waals surface area contributed by atoms with Gasteiger partial charge < -0.3 is 15.5 Å². The van der Waals surface area contributed by atoms with Crippen molar-refractivity contribution in [2.75, 3.05) is 11.9 Å². The summed E-state index contributed by atoms with van der Waals surface area (Å²) in [4.78, 5) is 0. The van der Waals surface area contributed by atoms with Gasteiger partial charge in [-0.3, -0.25) is 0 Å². The van der Waals surface area contributed by atoms with Crippen LogP contribution in [0, 0.1) is 13.8 Å². The van der Waals surface area contributed by atoms with Gasteiger partial charge >= 0.3 is 0 Å². The van der Waals surface area contributed by atoms with E-state index in [0.29, 0.717) is 0 Å². The van der Waals surface area contributed by atoms with Crippen molar-refractivity contribution in [2.24, 2.45) is 0 Å². The molecule has 0 amide bonds. The maximum atomic E-state index is 9.57. The normalized spacial score (nSPS) is 14.0. The van der Waals surface area contributed by atoms with E-state index in [4.69, 9.17) is 0 Å². The molecule has 0 aromatic heterocycles. The van der Waals surface area contributed by atoms with Crippen LogP contribution in [0.2, 0.25) is 0 Å². The largest absolute Gasteiger partial charge is 0.504 e. The SMILES string of the molecule is Cc1c(O)c(O)c(C)c2c1CCN2. The number of phenols is 2. The molecule has 2 rings (SSSR count). The van der Waals surface area contributed by atoms with Gasteiger partial charge in [-0.05, 0) is 31.4 Å². The molecule has 0 spiro atoms. The van der Waals surface area contributed by atoms with E-state index in [1.807, 2.05) is 13.8 Å². The molecule has 3 nitrogen and oxygen atoms in total. The molecule has 1 aromatic rings. The lowest BCUT2D eigenvalue weighted by molar-refractivity contribution is 0.398. The average Bonchev–Trinajstić information content (AvgIpc) is 2.59. The van der Waals surface area contributed by atoms with E-state index in [-0.39, 0.29) is 11.5 Å². The number of hydrogen-bond donors (Lipinski definition) is 3. The lowest BCUT2D eigenvalue weighted by Crippen LogP contribution is -1.93. The van der Waals surface area contributed by atoms with Gasteiger partial charge in [0, 0.05) is 17.8 Å². The summed E-state index contributed by atoms with van der Waals surface area (Å²) in [6, 6.07) is 0. The molecule has 0 radical (unpaired) electrons. The highest BCUT2D eigenvalue weighted by Gasteiger charge is 2.21. The third-order valence-electron chi connectivity index (χ3n) is 2.74. The first-order valence-corrected chi connectivity index (χ1v) is 4.40. The van der Waals surface area contributed by atoms with Gasteiger partial charge in [0.25, 0.3) is 0 Å². The molecule has 0 bridgehead atoms. The Morgan fingerprint density at radius 3 is 2.38 bits per heavy atom. The number of hydrogen-bond acceptors (Lipinski definition) is 3. The van der Waals surface area contributed by atoms with Crippen LogP contribution in [0.5, 0.6) is 11.5 Å². The van der Waals surface area contributed by atoms with Gasteiger partial charge in [0.15, 0.2) is 11.5 Å². The number of rotatable bonds is 0. The third-order valence-corrected chi connectivity index (χ3v) is 2.74. The van der Waals surface area contributed by atoms with Gasteiger partial charge in [0.05, 0.1) is 0 Å². The Kier molecular flexibility index (Phi) is 1.62. The lowest BCUT2D eigenvalue weighted by Gasteiger charge is -2.12. The molecule has 1 aliphatic heterocycles. The molecule has 1 aliphatic rings. The van der Waals surface area contributed by atoms with E-state index in [0.717, 1.165) is 35.3 Å². The molecule has 3 N–H and O–H groups in total. The van der Waals surface area contributed by atoms with Crippen LogP contribution in [0.1, 0.15) is 16.7 Å². The lowest BCUT2D eigenvalue weighted by atomic mass is 10.0. The highest BCUT2D eigenvalue weighted by atomic mass is 16.3. The fourth-order valence-corrected chi connectivity index (χ4v) is 1.89. The van der Waals surface area contributed by atoms with Crippen molar-refractivity contribution in [3.8, 4) is 11.5 Å². The zero-order chi connectivity index (χ0) is 9.59. The second-order valence-corrected chi connectivity index (χ2v) is 3.48. The average molecular weight is 179 g/mol. The number of fused-ring (bicyclic) bond motifs is 1. The molecule has 0 saturated carbocycles. The molecule has 0 atom stereocenters. The predicted molar refractivity (Wildman–Crippen MR) is 51.4 cm³/mol. The maximum absolute atomic E-state index is 9.57. The van der Waals surface area contributed by atoms with Crippen LogP contribution in [0.25, 0.3) is 0 Å². The fraction of sp³-hybridized carbons (Fsp3) is 0.400. The molecule has 3 heteroatoms. The van der Waals surface area contributed by atoms with Crippen molar-refractivity contribution in [3.63, 3.8) is 0 Å². The Morgan fingerprint density at radius 1 is 1.08 bits per heavy atom. The van der Waals surface area contributed by atoms with Gasteiger partial charge in [-0.2, -0.15) is 0 Å². The summed E-state index contributed by atoms with van der Waals surface area (Å²) < 4.78 is 0. The maximum Gasteiger partial charge on any atom is 0.162 e. The first-order valence-electron chi connectivity index (χ1n) is 4.40. The molecule has 0 fully saturated rings. The molecular formula is C10H13NO2. The minimum Gasteiger partial charge on any atom is -0.504 e. The summed E-state index contributed by atoms with van der Waals surface area (Å²) >= 11 is 0. The van der Waals surface area contributed by atoms with Crippen molar-refractivity contribution >= 4 is 5.69 Å². The summed E-state index contributed by atoms with van der Waals surface area (Å²) in [7, 11) is 0. The Balaban J connectivity index is 2.77. The second-order valence-electron chi connectivity index (χ2n) is 3.48. The molecule has 0 saturated heterocycles. The first kappa shape index (κ1) is 8.23. The molecule has 0 unspecified atom stereocenters. The van der Waals surface area contributed by atoms with E-state index in [1.165, 1.54) is 0 Å². The zero-order valence-corrected chi connectivity index (χ0v) is 7.81. The number of nitrogens with one attached hydrogen (secondary N) is 1. The van der Waals surface area contributed by atoms with Crippen LogP contribution < -0.4 is 5.32 Å². The minimum atomic E-state index is 0.00523. The third kappa shape index (κ3) is 0.963. The summed E-state index contributed by atoms with van der Waals surface area (Å²) in [6.45, 7) is 4.53. The zero-order valence-electron chi connectivity index (χ0n) is 7.81. The fourth-order valence-electron chi connectivity index (χ4n) is 1.89. The van der Waals surface area contributed by atoms with E-state index in [2.05, 4.69) is 5.32 Å². The molecule has 70 valence electrons. The minimum absolute atomic E-state index is 0.00523. The highest BCUT2D eigenvalue weighted by Crippen LogP contribution is 2.42. The van der Waals surface area contributed by atoms with Gasteiger partial charge in [-0.15, -0.1) is 0 Å². The van der Waals surface area contributed by atoms with Crippen LogP contribution >= 0.6 is 0 Å². The first-order chi connectivity index (χ1) is 6.13. The molecule has 13 heavy (non-hydrogen) atoms. The van der Waals surface area contributed by atoms with Crippen molar-refractivity contribution in [1.82, 2.24) is 0 Å². The van der Waals surface area contributed by atoms with Gasteiger partial charge in [0.2, 0.25) is 0 Å². The Hall–Kier alpha value is -1.38. The van der Waals surface area contributed by atoms with Crippen LogP contribution in [0.4, 0.5) is 5.69 Å². The van der Waals surface area contributed by atoms with E-state index < -0.39 is 0 Å². The summed E-state index contributed by atoms with van der Waals surface area (Å²) in [5.41, 5.74) is 3.67. The topological polar surface area (TPSA) is 52.5 Å². The van der Waals surface area contributed by atoms with Crippen LogP contribution in [-0.4, -0.2) is 16.8 Å². The van der Waals surface area contributed by atoms with Crippen molar-refractivity contribution in [3.05, 3.63) is 16.7 Å². The summed E-state index contributed by atoms with van der Waals surface area (Å²) in [6.07, 6.45) is 0.926.